The fourth-order valence-corrected chi connectivity index (χ4v) is 3.25. The van der Waals surface area contributed by atoms with E-state index in [0.29, 0.717) is 18.2 Å². The second-order valence-electron chi connectivity index (χ2n) is 6.70. The fraction of sp³-hybridized carbons (Fsp3) is 0.944. The number of hydrogen-bond donors (Lipinski definition) is 3. The van der Waals surface area contributed by atoms with Crippen LogP contribution in [-0.4, -0.2) is 40.8 Å². The molecule has 1 rings (SSSR count). The minimum absolute atomic E-state index is 0.0260. The smallest absolute Gasteiger partial charge is 0.132 e. The molecule has 130 valence electrons. The number of hydrogen-bond acceptors (Lipinski definition) is 4. The molecule has 4 nitrogen and oxygen atoms in total. The van der Waals surface area contributed by atoms with E-state index in [2.05, 4.69) is 5.32 Å². The van der Waals surface area contributed by atoms with Crippen LogP contribution in [0.4, 0.5) is 0 Å². The van der Waals surface area contributed by atoms with Gasteiger partial charge in [-0.2, -0.15) is 0 Å². The summed E-state index contributed by atoms with van der Waals surface area (Å²) in [5.74, 6) is 0.395. The molecule has 1 fully saturated rings. The predicted octanol–water partition coefficient (Wildman–Crippen LogP) is 2.95. The Kier molecular flexibility index (Phi) is 10.7. The van der Waals surface area contributed by atoms with Crippen LogP contribution in [0, 0.1) is 0 Å². The number of carbonyl (C=O) groups excluding carboxylic acids is 1. The zero-order valence-electron chi connectivity index (χ0n) is 14.2. The summed E-state index contributed by atoms with van der Waals surface area (Å²) >= 11 is 0. The SMILES string of the molecule is CCC(=O)CCCCCCCCC[C@H]1CC[C@@H](O)[C@H](CO)N1. The molecule has 1 saturated heterocycles. The first kappa shape index (κ1) is 19.6. The van der Waals surface area contributed by atoms with Gasteiger partial charge in [-0.3, -0.25) is 4.79 Å². The third kappa shape index (κ3) is 8.25. The maximum Gasteiger partial charge on any atom is 0.132 e. The molecule has 0 amide bonds. The van der Waals surface area contributed by atoms with E-state index in [1.54, 1.807) is 0 Å². The normalized spacial score (nSPS) is 25.3. The lowest BCUT2D eigenvalue weighted by molar-refractivity contribution is -0.118. The van der Waals surface area contributed by atoms with Crippen molar-refractivity contribution in [2.24, 2.45) is 0 Å². The van der Waals surface area contributed by atoms with E-state index in [0.717, 1.165) is 32.1 Å². The Hall–Kier alpha value is -0.450. The highest BCUT2D eigenvalue weighted by Crippen LogP contribution is 2.18. The molecule has 22 heavy (non-hydrogen) atoms. The first-order valence-electron chi connectivity index (χ1n) is 9.24. The van der Waals surface area contributed by atoms with Gasteiger partial charge in [-0.15, -0.1) is 0 Å². The molecule has 1 heterocycles. The Balaban J connectivity index is 1.90. The summed E-state index contributed by atoms with van der Waals surface area (Å²) < 4.78 is 0. The molecule has 0 bridgehead atoms. The number of nitrogens with one attached hydrogen (secondary N) is 1. The van der Waals surface area contributed by atoms with Gasteiger partial charge < -0.3 is 15.5 Å². The molecule has 0 aromatic rings. The Morgan fingerprint density at radius 1 is 1.05 bits per heavy atom. The average molecular weight is 313 g/mol. The van der Waals surface area contributed by atoms with Crippen LogP contribution in [0.1, 0.15) is 84.0 Å². The van der Waals surface area contributed by atoms with Gasteiger partial charge in [0.1, 0.15) is 5.78 Å². The van der Waals surface area contributed by atoms with Gasteiger partial charge in [-0.25, -0.2) is 0 Å². The first-order chi connectivity index (χ1) is 10.7. The van der Waals surface area contributed by atoms with Crippen molar-refractivity contribution in [1.82, 2.24) is 5.32 Å². The van der Waals surface area contributed by atoms with Crippen molar-refractivity contribution in [1.29, 1.82) is 0 Å². The van der Waals surface area contributed by atoms with E-state index in [-0.39, 0.29) is 18.8 Å². The number of carbonyl (C=O) groups is 1. The molecular formula is C18H35NO3. The van der Waals surface area contributed by atoms with Crippen LogP contribution in [-0.2, 0) is 4.79 Å². The third-order valence-corrected chi connectivity index (χ3v) is 4.82. The molecule has 0 saturated carbocycles. The highest BCUT2D eigenvalue weighted by atomic mass is 16.3. The molecule has 0 spiro atoms. The quantitative estimate of drug-likeness (QED) is 0.485. The second kappa shape index (κ2) is 12.0. The standard InChI is InChI=1S/C18H35NO3/c1-2-16(21)11-9-7-5-3-4-6-8-10-15-12-13-18(22)17(14-20)19-15/h15,17-20,22H,2-14H2,1H3/t15-,17-,18+/m0/s1. The highest BCUT2D eigenvalue weighted by molar-refractivity contribution is 5.77. The van der Waals surface area contributed by atoms with E-state index >= 15 is 0 Å². The maximum absolute atomic E-state index is 11.2. The van der Waals surface area contributed by atoms with Crippen molar-refractivity contribution in [3.63, 3.8) is 0 Å². The van der Waals surface area contributed by atoms with Gasteiger partial charge in [0.15, 0.2) is 0 Å². The highest BCUT2D eigenvalue weighted by Gasteiger charge is 2.27. The van der Waals surface area contributed by atoms with Gasteiger partial charge in [-0.05, 0) is 25.7 Å². The molecule has 0 radical (unpaired) electrons. The van der Waals surface area contributed by atoms with Gasteiger partial charge in [-0.1, -0.05) is 45.4 Å². The number of aliphatic hydroxyl groups is 2. The minimum Gasteiger partial charge on any atom is -0.395 e. The number of unbranched alkanes of at least 4 members (excludes halogenated alkanes) is 6. The van der Waals surface area contributed by atoms with E-state index in [9.17, 15) is 15.0 Å². The van der Waals surface area contributed by atoms with E-state index in [1.807, 2.05) is 6.92 Å². The molecule has 3 atom stereocenters. The Labute approximate surface area is 135 Å². The van der Waals surface area contributed by atoms with Gasteiger partial charge >= 0.3 is 0 Å². The van der Waals surface area contributed by atoms with Gasteiger partial charge in [0, 0.05) is 18.9 Å². The largest absolute Gasteiger partial charge is 0.395 e. The maximum atomic E-state index is 11.2. The Morgan fingerprint density at radius 3 is 2.32 bits per heavy atom. The van der Waals surface area contributed by atoms with Gasteiger partial charge in [0.25, 0.3) is 0 Å². The van der Waals surface area contributed by atoms with E-state index in [4.69, 9.17) is 0 Å². The van der Waals surface area contributed by atoms with Crippen molar-refractivity contribution in [3.8, 4) is 0 Å². The monoisotopic (exact) mass is 313 g/mol. The number of ketones is 1. The predicted molar refractivity (Wildman–Crippen MR) is 89.9 cm³/mol. The van der Waals surface area contributed by atoms with Crippen LogP contribution >= 0.6 is 0 Å². The lowest BCUT2D eigenvalue weighted by atomic mass is 9.93. The number of piperidine rings is 1. The van der Waals surface area contributed by atoms with Crippen LogP contribution < -0.4 is 5.32 Å². The zero-order valence-corrected chi connectivity index (χ0v) is 14.2. The molecule has 1 aliphatic rings. The minimum atomic E-state index is -0.388. The van der Waals surface area contributed by atoms with Crippen molar-refractivity contribution in [2.45, 2.75) is 102 Å². The molecule has 3 N–H and O–H groups in total. The van der Waals surface area contributed by atoms with Crippen LogP contribution in [0.25, 0.3) is 0 Å². The van der Waals surface area contributed by atoms with Crippen molar-refractivity contribution >= 4 is 5.78 Å². The zero-order chi connectivity index (χ0) is 16.2. The molecule has 4 heteroatoms. The summed E-state index contributed by atoms with van der Waals surface area (Å²) in [6.45, 7) is 1.96. The summed E-state index contributed by atoms with van der Waals surface area (Å²) in [6.07, 6.45) is 12.6. The summed E-state index contributed by atoms with van der Waals surface area (Å²) in [6, 6.07) is 0.324. The van der Waals surface area contributed by atoms with Crippen molar-refractivity contribution < 1.29 is 15.0 Å². The first-order valence-corrected chi connectivity index (χ1v) is 9.24. The summed E-state index contributed by atoms with van der Waals surface area (Å²) in [5.41, 5.74) is 0. The van der Waals surface area contributed by atoms with Crippen LogP contribution in [0.3, 0.4) is 0 Å². The van der Waals surface area contributed by atoms with Crippen molar-refractivity contribution in [3.05, 3.63) is 0 Å². The number of rotatable bonds is 12. The van der Waals surface area contributed by atoms with Crippen LogP contribution in [0.15, 0.2) is 0 Å². The lowest BCUT2D eigenvalue weighted by Crippen LogP contribution is -2.52. The molecular weight excluding hydrogens is 278 g/mol. The van der Waals surface area contributed by atoms with Crippen molar-refractivity contribution in [2.75, 3.05) is 6.61 Å². The Bertz CT molecular complexity index is 296. The molecule has 0 aromatic carbocycles. The Morgan fingerprint density at radius 2 is 1.68 bits per heavy atom. The lowest BCUT2D eigenvalue weighted by Gasteiger charge is -2.34. The summed E-state index contributed by atoms with van der Waals surface area (Å²) in [7, 11) is 0. The summed E-state index contributed by atoms with van der Waals surface area (Å²) in [5, 5.41) is 22.3. The average Bonchev–Trinajstić information content (AvgIpc) is 2.54. The molecule has 1 aliphatic heterocycles. The number of Topliss-reactive ketones (excluding diaryl/α,β-unsaturated/α-hetero) is 1. The third-order valence-electron chi connectivity index (χ3n) is 4.82. The van der Waals surface area contributed by atoms with E-state index < -0.39 is 0 Å². The molecule has 0 unspecified atom stereocenters. The second-order valence-corrected chi connectivity index (χ2v) is 6.70. The number of aliphatic hydroxyl groups excluding tert-OH is 2. The van der Waals surface area contributed by atoms with Gasteiger partial charge in [0.05, 0.1) is 18.8 Å². The topological polar surface area (TPSA) is 69.6 Å². The summed E-state index contributed by atoms with van der Waals surface area (Å²) in [4.78, 5) is 11.2. The van der Waals surface area contributed by atoms with Crippen LogP contribution in [0.5, 0.6) is 0 Å². The van der Waals surface area contributed by atoms with E-state index in [1.165, 1.54) is 38.5 Å². The molecule has 0 aromatic heterocycles. The van der Waals surface area contributed by atoms with Gasteiger partial charge in [0.2, 0.25) is 0 Å². The van der Waals surface area contributed by atoms with Crippen LogP contribution in [0.2, 0.25) is 0 Å². The fourth-order valence-electron chi connectivity index (χ4n) is 3.25. The molecule has 0 aliphatic carbocycles.